The summed E-state index contributed by atoms with van der Waals surface area (Å²) < 4.78 is 2.01. The predicted octanol–water partition coefficient (Wildman–Crippen LogP) is 4.15. The van der Waals surface area contributed by atoms with Crippen molar-refractivity contribution in [3.63, 3.8) is 0 Å². The summed E-state index contributed by atoms with van der Waals surface area (Å²) in [5.74, 6) is 0.829. The standard InChI is InChI=1S/C22H26N6O2S/c1-4-23-21(30)25-17-11-8-10-16(13-17)24-19(29)14-31-22-27-26-20(28(22)5-2)18-12-7-6-9-15(18)3/h6-13H,4-5,14H2,1-3H3,(H,24,29)(H2,23,25,30). The summed E-state index contributed by atoms with van der Waals surface area (Å²) in [5, 5.41) is 17.6. The van der Waals surface area contributed by atoms with Gasteiger partial charge in [0.2, 0.25) is 5.91 Å². The molecular weight excluding hydrogens is 412 g/mol. The minimum absolute atomic E-state index is 0.164. The first kappa shape index (κ1) is 22.4. The number of hydrogen-bond donors (Lipinski definition) is 3. The minimum atomic E-state index is -0.287. The summed E-state index contributed by atoms with van der Waals surface area (Å²) in [4.78, 5) is 24.1. The van der Waals surface area contributed by atoms with Crippen LogP contribution in [0, 0.1) is 6.92 Å². The van der Waals surface area contributed by atoms with Gasteiger partial charge in [0, 0.05) is 30.0 Å². The molecule has 0 saturated carbocycles. The maximum atomic E-state index is 12.5. The summed E-state index contributed by atoms with van der Waals surface area (Å²) in [5.41, 5.74) is 3.37. The molecule has 0 spiro atoms. The number of anilines is 2. The summed E-state index contributed by atoms with van der Waals surface area (Å²) in [6.07, 6.45) is 0. The predicted molar refractivity (Wildman–Crippen MR) is 124 cm³/mol. The zero-order chi connectivity index (χ0) is 22.2. The molecule has 0 radical (unpaired) electrons. The molecule has 1 aromatic heterocycles. The summed E-state index contributed by atoms with van der Waals surface area (Å²) in [6, 6.07) is 14.8. The van der Waals surface area contributed by atoms with Crippen molar-refractivity contribution >= 4 is 35.1 Å². The van der Waals surface area contributed by atoms with E-state index >= 15 is 0 Å². The molecule has 162 valence electrons. The van der Waals surface area contributed by atoms with Crippen molar-refractivity contribution in [2.45, 2.75) is 32.5 Å². The minimum Gasteiger partial charge on any atom is -0.338 e. The highest BCUT2D eigenvalue weighted by Crippen LogP contribution is 2.26. The molecule has 0 aliphatic rings. The lowest BCUT2D eigenvalue weighted by atomic mass is 10.1. The van der Waals surface area contributed by atoms with E-state index in [1.807, 2.05) is 49.6 Å². The quantitative estimate of drug-likeness (QED) is 0.459. The Morgan fingerprint density at radius 2 is 1.74 bits per heavy atom. The molecule has 3 rings (SSSR count). The van der Waals surface area contributed by atoms with E-state index in [0.29, 0.717) is 29.6 Å². The molecule has 8 nitrogen and oxygen atoms in total. The maximum Gasteiger partial charge on any atom is 0.319 e. The number of benzene rings is 2. The lowest BCUT2D eigenvalue weighted by Crippen LogP contribution is -2.28. The Morgan fingerprint density at radius 1 is 1.00 bits per heavy atom. The van der Waals surface area contributed by atoms with E-state index in [1.54, 1.807) is 24.3 Å². The van der Waals surface area contributed by atoms with Gasteiger partial charge in [0.15, 0.2) is 11.0 Å². The molecule has 0 atom stereocenters. The highest BCUT2D eigenvalue weighted by atomic mass is 32.2. The van der Waals surface area contributed by atoms with E-state index in [9.17, 15) is 9.59 Å². The van der Waals surface area contributed by atoms with Gasteiger partial charge in [-0.1, -0.05) is 42.1 Å². The maximum absolute atomic E-state index is 12.5. The number of aryl methyl sites for hydroxylation is 1. The van der Waals surface area contributed by atoms with Crippen LogP contribution in [0.5, 0.6) is 0 Å². The van der Waals surface area contributed by atoms with Crippen molar-refractivity contribution in [3.8, 4) is 11.4 Å². The summed E-state index contributed by atoms with van der Waals surface area (Å²) in [7, 11) is 0. The number of aromatic nitrogens is 3. The van der Waals surface area contributed by atoms with Gasteiger partial charge in [-0.15, -0.1) is 10.2 Å². The number of amides is 3. The Morgan fingerprint density at radius 3 is 2.45 bits per heavy atom. The number of nitrogens with zero attached hydrogens (tertiary/aromatic N) is 3. The van der Waals surface area contributed by atoms with Crippen LogP contribution in [0.2, 0.25) is 0 Å². The first-order chi connectivity index (χ1) is 15.0. The topological polar surface area (TPSA) is 101 Å². The fourth-order valence-corrected chi connectivity index (χ4v) is 3.84. The third-order valence-corrected chi connectivity index (χ3v) is 5.46. The number of thioether (sulfide) groups is 1. The van der Waals surface area contributed by atoms with E-state index in [2.05, 4.69) is 26.1 Å². The molecule has 31 heavy (non-hydrogen) atoms. The first-order valence-corrected chi connectivity index (χ1v) is 11.1. The highest BCUT2D eigenvalue weighted by molar-refractivity contribution is 7.99. The van der Waals surface area contributed by atoms with Crippen LogP contribution in [0.15, 0.2) is 53.7 Å². The molecule has 3 N–H and O–H groups in total. The number of urea groups is 1. The summed E-state index contributed by atoms with van der Waals surface area (Å²) >= 11 is 1.34. The Hall–Kier alpha value is -3.33. The second-order valence-corrected chi connectivity index (χ2v) is 7.71. The molecule has 0 unspecified atom stereocenters. The molecule has 9 heteroatoms. The van der Waals surface area contributed by atoms with Gasteiger partial charge in [0.05, 0.1) is 5.75 Å². The average molecular weight is 439 g/mol. The molecule has 1 heterocycles. The van der Waals surface area contributed by atoms with Gasteiger partial charge >= 0.3 is 6.03 Å². The van der Waals surface area contributed by atoms with Crippen molar-refractivity contribution in [1.29, 1.82) is 0 Å². The number of nitrogens with one attached hydrogen (secondary N) is 3. The number of carbonyl (C=O) groups excluding carboxylic acids is 2. The third-order valence-electron chi connectivity index (χ3n) is 4.49. The molecule has 3 aromatic rings. The van der Waals surface area contributed by atoms with E-state index < -0.39 is 0 Å². The molecule has 0 aliphatic carbocycles. The zero-order valence-corrected chi connectivity index (χ0v) is 18.6. The van der Waals surface area contributed by atoms with Gasteiger partial charge in [-0.2, -0.15) is 0 Å². The highest BCUT2D eigenvalue weighted by Gasteiger charge is 2.16. The lowest BCUT2D eigenvalue weighted by Gasteiger charge is -2.10. The number of hydrogen-bond acceptors (Lipinski definition) is 5. The first-order valence-electron chi connectivity index (χ1n) is 10.1. The van der Waals surface area contributed by atoms with Gasteiger partial charge in [-0.25, -0.2) is 4.79 Å². The monoisotopic (exact) mass is 438 g/mol. The van der Waals surface area contributed by atoms with Gasteiger partial charge < -0.3 is 20.5 Å². The van der Waals surface area contributed by atoms with Crippen LogP contribution in [0.1, 0.15) is 19.4 Å². The van der Waals surface area contributed by atoms with Gasteiger partial charge in [0.25, 0.3) is 0 Å². The smallest absolute Gasteiger partial charge is 0.319 e. The molecule has 0 bridgehead atoms. The van der Waals surface area contributed by atoms with Crippen molar-refractivity contribution in [1.82, 2.24) is 20.1 Å². The van der Waals surface area contributed by atoms with E-state index in [4.69, 9.17) is 0 Å². The number of rotatable bonds is 8. The second kappa shape index (κ2) is 10.6. The third kappa shape index (κ3) is 5.85. The van der Waals surface area contributed by atoms with Gasteiger partial charge in [-0.3, -0.25) is 4.79 Å². The summed E-state index contributed by atoms with van der Waals surface area (Å²) in [6.45, 7) is 7.15. The van der Waals surface area contributed by atoms with Gasteiger partial charge in [0.1, 0.15) is 0 Å². The Kier molecular flexibility index (Phi) is 7.66. The van der Waals surface area contributed by atoms with Crippen molar-refractivity contribution < 1.29 is 9.59 Å². The van der Waals surface area contributed by atoms with E-state index in [1.165, 1.54) is 11.8 Å². The van der Waals surface area contributed by atoms with E-state index in [0.717, 1.165) is 17.0 Å². The van der Waals surface area contributed by atoms with Crippen LogP contribution in [0.4, 0.5) is 16.2 Å². The fraction of sp³-hybridized carbons (Fsp3) is 0.273. The molecule has 0 fully saturated rings. The van der Waals surface area contributed by atoms with Crippen LogP contribution in [-0.2, 0) is 11.3 Å². The fourth-order valence-electron chi connectivity index (χ4n) is 3.04. The van der Waals surface area contributed by atoms with Crippen molar-refractivity contribution in [2.75, 3.05) is 22.9 Å². The van der Waals surface area contributed by atoms with Crippen molar-refractivity contribution in [3.05, 3.63) is 54.1 Å². The van der Waals surface area contributed by atoms with Crippen LogP contribution in [0.25, 0.3) is 11.4 Å². The van der Waals surface area contributed by atoms with Crippen LogP contribution >= 0.6 is 11.8 Å². The van der Waals surface area contributed by atoms with Crippen molar-refractivity contribution in [2.24, 2.45) is 0 Å². The molecule has 0 aliphatic heterocycles. The van der Waals surface area contributed by atoms with Crippen LogP contribution in [-0.4, -0.2) is 39.0 Å². The largest absolute Gasteiger partial charge is 0.338 e. The second-order valence-electron chi connectivity index (χ2n) is 6.77. The zero-order valence-electron chi connectivity index (χ0n) is 17.8. The van der Waals surface area contributed by atoms with Gasteiger partial charge in [-0.05, 0) is 44.5 Å². The number of carbonyl (C=O) groups is 2. The van der Waals surface area contributed by atoms with Crippen LogP contribution < -0.4 is 16.0 Å². The average Bonchev–Trinajstić information content (AvgIpc) is 3.15. The SMILES string of the molecule is CCNC(=O)Nc1cccc(NC(=O)CSc2nnc(-c3ccccc3C)n2CC)c1. The Bertz CT molecular complexity index is 1070. The molecular formula is C22H26N6O2S. The Balaban J connectivity index is 1.63. The molecule has 3 amide bonds. The lowest BCUT2D eigenvalue weighted by molar-refractivity contribution is -0.113. The Labute approximate surface area is 185 Å². The van der Waals surface area contributed by atoms with E-state index in [-0.39, 0.29) is 17.7 Å². The normalized spacial score (nSPS) is 10.5. The molecule has 0 saturated heterocycles. The molecule has 2 aromatic carbocycles. The van der Waals surface area contributed by atoms with Crippen LogP contribution in [0.3, 0.4) is 0 Å².